The molecule has 4 aromatic carbocycles. The quantitative estimate of drug-likeness (QED) is 0.242. The molecule has 6 nitrogen and oxygen atoms in total. The molecular weight excluding hydrogens is 492 g/mol. The van der Waals surface area contributed by atoms with E-state index in [4.69, 9.17) is 19.9 Å². The summed E-state index contributed by atoms with van der Waals surface area (Å²) in [6.45, 7) is 0. The van der Waals surface area contributed by atoms with Crippen molar-refractivity contribution in [2.75, 3.05) is 0 Å². The first-order chi connectivity index (χ1) is 19.8. The van der Waals surface area contributed by atoms with Crippen LogP contribution in [0.5, 0.6) is 0 Å². The van der Waals surface area contributed by atoms with Gasteiger partial charge in [-0.15, -0.1) is 0 Å². The average molecular weight is 515 g/mol. The molecular formula is C34H22N6. The van der Waals surface area contributed by atoms with Crippen LogP contribution in [0.1, 0.15) is 0 Å². The van der Waals surface area contributed by atoms with Gasteiger partial charge in [-0.25, -0.2) is 9.97 Å². The Bertz CT molecular complexity index is 2070. The minimum Gasteiger partial charge on any atom is -0.306 e. The van der Waals surface area contributed by atoms with Gasteiger partial charge in [0.25, 0.3) is 0 Å². The third kappa shape index (κ3) is 3.66. The van der Waals surface area contributed by atoms with E-state index in [-0.39, 0.29) is 0 Å². The summed E-state index contributed by atoms with van der Waals surface area (Å²) in [5.74, 6) is 1.84. The Hall–Kier alpha value is -5.62. The molecule has 0 spiro atoms. The number of aromatic nitrogens is 6. The molecule has 40 heavy (non-hydrogen) atoms. The van der Waals surface area contributed by atoms with E-state index < -0.39 is 0 Å². The highest BCUT2D eigenvalue weighted by molar-refractivity contribution is 6.10. The molecule has 0 fully saturated rings. The Morgan fingerprint density at radius 1 is 0.475 bits per heavy atom. The van der Waals surface area contributed by atoms with Crippen LogP contribution in [-0.2, 0) is 0 Å². The Labute approximate surface area is 229 Å². The van der Waals surface area contributed by atoms with Gasteiger partial charge in [-0.1, -0.05) is 97.1 Å². The number of fused-ring (bicyclic) bond motifs is 4. The highest BCUT2D eigenvalue weighted by atomic mass is 15.2. The zero-order valence-corrected chi connectivity index (χ0v) is 21.4. The van der Waals surface area contributed by atoms with Crippen molar-refractivity contribution in [2.45, 2.75) is 0 Å². The maximum absolute atomic E-state index is 5.03. The first kappa shape index (κ1) is 22.4. The van der Waals surface area contributed by atoms with Gasteiger partial charge in [-0.2, -0.15) is 9.97 Å². The number of pyridine rings is 1. The van der Waals surface area contributed by atoms with Gasteiger partial charge in [-0.3, -0.25) is 4.57 Å². The van der Waals surface area contributed by atoms with Crippen LogP contribution in [0.25, 0.3) is 67.4 Å². The SMILES string of the molecule is c1ccc(-c2nc(-c3ccccc3)nc(-n3c4ccccc4c4ccc(-c5cn6ccccc6n5)cc43)n2)cc1. The van der Waals surface area contributed by atoms with Crippen molar-refractivity contribution in [1.29, 1.82) is 0 Å². The molecule has 0 atom stereocenters. The van der Waals surface area contributed by atoms with E-state index in [1.54, 1.807) is 0 Å². The summed E-state index contributed by atoms with van der Waals surface area (Å²) in [4.78, 5) is 19.8. The van der Waals surface area contributed by atoms with Crippen molar-refractivity contribution in [2.24, 2.45) is 0 Å². The van der Waals surface area contributed by atoms with E-state index in [0.717, 1.165) is 49.8 Å². The molecule has 0 saturated heterocycles. The summed E-state index contributed by atoms with van der Waals surface area (Å²) >= 11 is 0. The molecule has 0 aliphatic rings. The van der Waals surface area contributed by atoms with Crippen molar-refractivity contribution >= 4 is 27.5 Å². The highest BCUT2D eigenvalue weighted by Crippen LogP contribution is 2.34. The van der Waals surface area contributed by atoms with Gasteiger partial charge < -0.3 is 4.40 Å². The fourth-order valence-corrected chi connectivity index (χ4v) is 5.32. The molecule has 0 radical (unpaired) electrons. The number of hydrogen-bond donors (Lipinski definition) is 0. The Morgan fingerprint density at radius 3 is 1.85 bits per heavy atom. The topological polar surface area (TPSA) is 60.9 Å². The lowest BCUT2D eigenvalue weighted by molar-refractivity contribution is 0.953. The van der Waals surface area contributed by atoms with Crippen molar-refractivity contribution < 1.29 is 0 Å². The van der Waals surface area contributed by atoms with E-state index in [0.29, 0.717) is 17.6 Å². The highest BCUT2D eigenvalue weighted by Gasteiger charge is 2.18. The van der Waals surface area contributed by atoms with Gasteiger partial charge in [-0.05, 0) is 24.3 Å². The lowest BCUT2D eigenvalue weighted by Crippen LogP contribution is -2.06. The molecule has 8 rings (SSSR count). The van der Waals surface area contributed by atoms with Crippen molar-refractivity contribution in [3.63, 3.8) is 0 Å². The average Bonchev–Trinajstić information content (AvgIpc) is 3.61. The summed E-state index contributed by atoms with van der Waals surface area (Å²) in [5.41, 5.74) is 6.78. The largest absolute Gasteiger partial charge is 0.306 e. The maximum atomic E-state index is 5.03. The van der Waals surface area contributed by atoms with E-state index in [2.05, 4.69) is 53.2 Å². The smallest absolute Gasteiger partial charge is 0.238 e. The minimum absolute atomic E-state index is 0.575. The Balaban J connectivity index is 1.41. The molecule has 0 aliphatic heterocycles. The van der Waals surface area contributed by atoms with Crippen molar-refractivity contribution in [3.05, 3.63) is 134 Å². The summed E-state index contributed by atoms with van der Waals surface area (Å²) in [6, 6.07) is 41.0. The first-order valence-corrected chi connectivity index (χ1v) is 13.2. The number of nitrogens with zero attached hydrogens (tertiary/aromatic N) is 6. The van der Waals surface area contributed by atoms with E-state index in [1.165, 1.54) is 0 Å². The van der Waals surface area contributed by atoms with E-state index >= 15 is 0 Å². The van der Waals surface area contributed by atoms with Crippen LogP contribution in [0, 0.1) is 0 Å². The molecule has 0 amide bonds. The molecule has 4 aromatic heterocycles. The van der Waals surface area contributed by atoms with Crippen LogP contribution < -0.4 is 0 Å². The molecule has 6 heteroatoms. The van der Waals surface area contributed by atoms with Gasteiger partial charge in [0.15, 0.2) is 11.6 Å². The third-order valence-electron chi connectivity index (χ3n) is 7.22. The van der Waals surface area contributed by atoms with Crippen LogP contribution in [0.3, 0.4) is 0 Å². The second-order valence-corrected chi connectivity index (χ2v) is 9.69. The molecule has 0 aliphatic carbocycles. The normalized spacial score (nSPS) is 11.5. The molecule has 188 valence electrons. The first-order valence-electron chi connectivity index (χ1n) is 13.2. The molecule has 0 N–H and O–H groups in total. The lowest BCUT2D eigenvalue weighted by atomic mass is 10.1. The number of hydrogen-bond acceptors (Lipinski definition) is 4. The summed E-state index contributed by atoms with van der Waals surface area (Å²) in [7, 11) is 0. The van der Waals surface area contributed by atoms with Crippen LogP contribution >= 0.6 is 0 Å². The molecule has 0 saturated carbocycles. The van der Waals surface area contributed by atoms with Gasteiger partial charge in [0.2, 0.25) is 5.95 Å². The molecule has 0 bridgehead atoms. The van der Waals surface area contributed by atoms with Crippen LogP contribution in [-0.4, -0.2) is 28.9 Å². The Kier molecular flexibility index (Phi) is 5.03. The summed E-state index contributed by atoms with van der Waals surface area (Å²) in [5, 5.41) is 2.27. The number of benzene rings is 4. The van der Waals surface area contributed by atoms with Crippen LogP contribution in [0.4, 0.5) is 0 Å². The van der Waals surface area contributed by atoms with E-state index in [9.17, 15) is 0 Å². The predicted octanol–water partition coefficient (Wildman–Crippen LogP) is 7.62. The van der Waals surface area contributed by atoms with Gasteiger partial charge in [0.1, 0.15) is 5.65 Å². The second kappa shape index (κ2) is 8.99. The zero-order chi connectivity index (χ0) is 26.5. The monoisotopic (exact) mass is 514 g/mol. The Morgan fingerprint density at radius 2 is 1.12 bits per heavy atom. The number of imidazole rings is 1. The summed E-state index contributed by atoms with van der Waals surface area (Å²) in [6.07, 6.45) is 4.08. The van der Waals surface area contributed by atoms with Crippen molar-refractivity contribution in [1.82, 2.24) is 28.9 Å². The summed E-state index contributed by atoms with van der Waals surface area (Å²) < 4.78 is 4.18. The molecule has 4 heterocycles. The second-order valence-electron chi connectivity index (χ2n) is 9.69. The standard InChI is InChI=1S/C34H22N6/c1-3-11-23(12-4-1)32-36-33(24-13-5-2-6-14-24)38-34(37-32)40-29-16-8-7-15-26(29)27-19-18-25(21-30(27)40)28-22-39-20-10-9-17-31(39)35-28/h1-22H. The van der Waals surface area contributed by atoms with Gasteiger partial charge in [0, 0.05) is 39.9 Å². The lowest BCUT2D eigenvalue weighted by Gasteiger charge is -2.11. The molecule has 0 unspecified atom stereocenters. The number of para-hydroxylation sites is 1. The van der Waals surface area contributed by atoms with Gasteiger partial charge >= 0.3 is 0 Å². The van der Waals surface area contributed by atoms with Crippen LogP contribution in [0.2, 0.25) is 0 Å². The minimum atomic E-state index is 0.575. The van der Waals surface area contributed by atoms with Crippen LogP contribution in [0.15, 0.2) is 134 Å². The zero-order valence-electron chi connectivity index (χ0n) is 21.4. The maximum Gasteiger partial charge on any atom is 0.238 e. The fraction of sp³-hybridized carbons (Fsp3) is 0. The van der Waals surface area contributed by atoms with Crippen molar-refractivity contribution in [3.8, 4) is 40.0 Å². The predicted molar refractivity (Wildman–Crippen MR) is 159 cm³/mol. The molecule has 8 aromatic rings. The van der Waals surface area contributed by atoms with Gasteiger partial charge in [0.05, 0.1) is 16.7 Å². The van der Waals surface area contributed by atoms with E-state index in [1.807, 2.05) is 89.5 Å². The fourth-order valence-electron chi connectivity index (χ4n) is 5.32. The number of rotatable bonds is 4. The third-order valence-corrected chi connectivity index (χ3v) is 7.22.